The molecule has 3 nitrogen and oxygen atoms in total. The van der Waals surface area contributed by atoms with Gasteiger partial charge in [0.25, 0.3) is 0 Å². The van der Waals surface area contributed by atoms with Crippen molar-refractivity contribution in [3.63, 3.8) is 0 Å². The zero-order valence-corrected chi connectivity index (χ0v) is 14.1. The molecule has 3 aromatic carbocycles. The van der Waals surface area contributed by atoms with Crippen molar-refractivity contribution in [3.8, 4) is 5.75 Å². The Labute approximate surface area is 147 Å². The quantitative estimate of drug-likeness (QED) is 0.669. The second-order valence-corrected chi connectivity index (χ2v) is 6.75. The Morgan fingerprint density at radius 3 is 2.44 bits per heavy atom. The van der Waals surface area contributed by atoms with E-state index in [2.05, 4.69) is 65.6 Å². The minimum absolute atomic E-state index is 0.604. The molecule has 2 aliphatic rings. The topological polar surface area (TPSA) is 24.8 Å². The molecule has 0 bridgehead atoms. The second kappa shape index (κ2) is 5.71. The van der Waals surface area contributed by atoms with Crippen LogP contribution in [0.25, 0.3) is 10.8 Å². The first-order chi connectivity index (χ1) is 12.4. The summed E-state index contributed by atoms with van der Waals surface area (Å²) in [6, 6.07) is 23.0. The highest BCUT2D eigenvalue weighted by Crippen LogP contribution is 2.44. The highest BCUT2D eigenvalue weighted by atomic mass is 16.5. The summed E-state index contributed by atoms with van der Waals surface area (Å²) in [5.74, 6) is 0.858. The summed E-state index contributed by atoms with van der Waals surface area (Å²) in [7, 11) is 0. The van der Waals surface area contributed by atoms with Gasteiger partial charge in [-0.3, -0.25) is 9.89 Å². The van der Waals surface area contributed by atoms with Gasteiger partial charge in [0.1, 0.15) is 11.4 Å². The van der Waals surface area contributed by atoms with Gasteiger partial charge in [0.15, 0.2) is 0 Å². The van der Waals surface area contributed by atoms with Gasteiger partial charge in [-0.25, -0.2) is 0 Å². The largest absolute Gasteiger partial charge is 0.461 e. The van der Waals surface area contributed by atoms with Crippen molar-refractivity contribution in [1.82, 2.24) is 4.90 Å². The molecule has 25 heavy (non-hydrogen) atoms. The molecule has 0 aliphatic carbocycles. The number of benzene rings is 3. The van der Waals surface area contributed by atoms with Gasteiger partial charge in [0.05, 0.1) is 6.21 Å². The maximum Gasteiger partial charge on any atom is 0.226 e. The molecular weight excluding hydrogens is 308 g/mol. The molecule has 0 amide bonds. The molecular formula is C22H20N2O. The molecule has 2 aliphatic heterocycles. The third kappa shape index (κ3) is 2.27. The average molecular weight is 328 g/mol. The first-order valence-electron chi connectivity index (χ1n) is 8.93. The number of nitrogens with zero attached hydrogens (tertiary/aromatic N) is 2. The minimum Gasteiger partial charge on any atom is -0.461 e. The molecule has 0 aromatic heterocycles. The minimum atomic E-state index is -0.604. The number of ether oxygens (including phenoxy) is 1. The van der Waals surface area contributed by atoms with Crippen LogP contribution >= 0.6 is 0 Å². The summed E-state index contributed by atoms with van der Waals surface area (Å²) in [5.41, 5.74) is 1.47. The summed E-state index contributed by atoms with van der Waals surface area (Å²) >= 11 is 0. The van der Waals surface area contributed by atoms with Crippen molar-refractivity contribution in [2.45, 2.75) is 18.6 Å². The third-order valence-corrected chi connectivity index (χ3v) is 5.26. The molecule has 3 heteroatoms. The van der Waals surface area contributed by atoms with Crippen LogP contribution in [-0.2, 0) is 5.72 Å². The summed E-state index contributed by atoms with van der Waals surface area (Å²) in [6.45, 7) is 2.06. The van der Waals surface area contributed by atoms with E-state index in [1.807, 2.05) is 12.3 Å². The fourth-order valence-corrected chi connectivity index (χ4v) is 3.99. The maximum atomic E-state index is 6.67. The van der Waals surface area contributed by atoms with Gasteiger partial charge < -0.3 is 4.74 Å². The van der Waals surface area contributed by atoms with Gasteiger partial charge in [-0.1, -0.05) is 60.7 Å². The Morgan fingerprint density at radius 2 is 1.60 bits per heavy atom. The average Bonchev–Trinajstić information content (AvgIpc) is 3.23. The maximum absolute atomic E-state index is 6.67. The lowest BCUT2D eigenvalue weighted by molar-refractivity contribution is -0.0148. The van der Waals surface area contributed by atoms with Crippen LogP contribution in [0.3, 0.4) is 0 Å². The SMILES string of the molecule is C1=Nc2c(ccc3ccccc23)OC1(c1ccccc1)N1CCCC1. The smallest absolute Gasteiger partial charge is 0.226 e. The molecule has 0 spiro atoms. The van der Waals surface area contributed by atoms with Crippen molar-refractivity contribution < 1.29 is 4.74 Å². The molecule has 5 rings (SSSR count). The summed E-state index contributed by atoms with van der Waals surface area (Å²) in [5, 5.41) is 2.33. The predicted molar refractivity (Wildman–Crippen MR) is 102 cm³/mol. The van der Waals surface area contributed by atoms with Crippen molar-refractivity contribution in [2.24, 2.45) is 4.99 Å². The van der Waals surface area contributed by atoms with Gasteiger partial charge in [0.2, 0.25) is 5.72 Å². The van der Waals surface area contributed by atoms with Crippen molar-refractivity contribution in [2.75, 3.05) is 13.1 Å². The molecule has 1 unspecified atom stereocenters. The second-order valence-electron chi connectivity index (χ2n) is 6.75. The lowest BCUT2D eigenvalue weighted by atomic mass is 9.99. The van der Waals surface area contributed by atoms with Crippen LogP contribution in [0.2, 0.25) is 0 Å². The van der Waals surface area contributed by atoms with Gasteiger partial charge in [-0.05, 0) is 24.3 Å². The van der Waals surface area contributed by atoms with Gasteiger partial charge in [-0.15, -0.1) is 0 Å². The molecule has 0 N–H and O–H groups in total. The van der Waals surface area contributed by atoms with Crippen LogP contribution in [-0.4, -0.2) is 24.2 Å². The summed E-state index contributed by atoms with van der Waals surface area (Å²) < 4.78 is 6.67. The number of aliphatic imine (C=N–C) groups is 1. The van der Waals surface area contributed by atoms with Crippen LogP contribution in [0.5, 0.6) is 5.75 Å². The first-order valence-corrected chi connectivity index (χ1v) is 8.93. The Balaban J connectivity index is 1.68. The molecule has 2 heterocycles. The van der Waals surface area contributed by atoms with Crippen molar-refractivity contribution >= 4 is 22.7 Å². The zero-order chi connectivity index (χ0) is 16.7. The molecule has 0 radical (unpaired) electrons. The fraction of sp³-hybridized carbons (Fsp3) is 0.227. The standard InChI is InChI=1S/C22H20N2O/c1-2-9-18(10-3-1)22(24-14-6-7-15-24)16-23-21-19-11-5-4-8-17(19)12-13-20(21)25-22/h1-5,8-13,16H,6-7,14-15H2. The number of hydrogen-bond acceptors (Lipinski definition) is 3. The van der Waals surface area contributed by atoms with E-state index in [1.165, 1.54) is 18.2 Å². The molecule has 0 saturated carbocycles. The van der Waals surface area contributed by atoms with Crippen LogP contribution in [0.4, 0.5) is 5.69 Å². The van der Waals surface area contributed by atoms with Crippen LogP contribution in [0.1, 0.15) is 18.4 Å². The highest BCUT2D eigenvalue weighted by molar-refractivity contribution is 5.98. The van der Waals surface area contributed by atoms with Gasteiger partial charge in [-0.2, -0.15) is 0 Å². The van der Waals surface area contributed by atoms with Crippen molar-refractivity contribution in [1.29, 1.82) is 0 Å². The normalized spacial score (nSPS) is 22.7. The first kappa shape index (κ1) is 14.7. The Hall–Kier alpha value is -2.65. The van der Waals surface area contributed by atoms with E-state index in [1.54, 1.807) is 0 Å². The monoisotopic (exact) mass is 328 g/mol. The van der Waals surface area contributed by atoms with E-state index in [0.717, 1.165) is 35.5 Å². The fourth-order valence-electron chi connectivity index (χ4n) is 3.99. The van der Waals surface area contributed by atoms with E-state index in [4.69, 9.17) is 9.73 Å². The molecule has 3 aromatic rings. The lowest BCUT2D eigenvalue weighted by Crippen LogP contribution is -2.51. The predicted octanol–water partition coefficient (Wildman–Crippen LogP) is 4.88. The Bertz CT molecular complexity index is 945. The highest BCUT2D eigenvalue weighted by Gasteiger charge is 2.43. The Kier molecular flexibility index (Phi) is 3.35. The Morgan fingerprint density at radius 1 is 0.840 bits per heavy atom. The number of likely N-dealkylation sites (tertiary alicyclic amines) is 1. The van der Waals surface area contributed by atoms with Gasteiger partial charge in [0, 0.05) is 24.0 Å². The van der Waals surface area contributed by atoms with E-state index < -0.39 is 5.72 Å². The van der Waals surface area contributed by atoms with E-state index in [-0.39, 0.29) is 0 Å². The van der Waals surface area contributed by atoms with Crippen LogP contribution in [0.15, 0.2) is 71.7 Å². The number of fused-ring (bicyclic) bond motifs is 3. The van der Waals surface area contributed by atoms with Gasteiger partial charge >= 0.3 is 0 Å². The lowest BCUT2D eigenvalue weighted by Gasteiger charge is -2.41. The third-order valence-electron chi connectivity index (χ3n) is 5.26. The number of rotatable bonds is 2. The van der Waals surface area contributed by atoms with E-state index in [9.17, 15) is 0 Å². The molecule has 1 fully saturated rings. The number of hydrogen-bond donors (Lipinski definition) is 0. The van der Waals surface area contributed by atoms with E-state index >= 15 is 0 Å². The zero-order valence-electron chi connectivity index (χ0n) is 14.1. The van der Waals surface area contributed by atoms with Crippen molar-refractivity contribution in [3.05, 3.63) is 72.3 Å². The molecule has 124 valence electrons. The van der Waals surface area contributed by atoms with Crippen LogP contribution < -0.4 is 4.74 Å². The summed E-state index contributed by atoms with van der Waals surface area (Å²) in [6.07, 6.45) is 4.41. The van der Waals surface area contributed by atoms with E-state index in [0.29, 0.717) is 0 Å². The van der Waals surface area contributed by atoms with Crippen LogP contribution in [0, 0.1) is 0 Å². The molecule has 1 saturated heterocycles. The summed E-state index contributed by atoms with van der Waals surface area (Å²) in [4.78, 5) is 7.31. The molecule has 1 atom stereocenters.